The number of aromatic nitrogens is 1. The van der Waals surface area contributed by atoms with E-state index in [1.165, 1.54) is 21.9 Å². The molecular weight excluding hydrogens is 712 g/mol. The fourth-order valence-corrected chi connectivity index (χ4v) is 9.37. The molecule has 1 aliphatic heterocycles. The first-order valence-corrected chi connectivity index (χ1v) is 20.1. The summed E-state index contributed by atoms with van der Waals surface area (Å²) >= 11 is 0. The minimum absolute atomic E-state index is 0.198. The lowest BCUT2D eigenvalue weighted by molar-refractivity contribution is 0.520. The van der Waals surface area contributed by atoms with Crippen molar-refractivity contribution in [1.82, 2.24) is 4.57 Å². The molecule has 0 spiro atoms. The topological polar surface area (TPSA) is 46.5 Å². The van der Waals surface area contributed by atoms with Gasteiger partial charge in [-0.3, -0.25) is 4.57 Å². The normalized spacial score (nSPS) is 21.9. The molecule has 0 radical (unpaired) electrons. The summed E-state index contributed by atoms with van der Waals surface area (Å²) < 4.78 is 16.0. The quantitative estimate of drug-likeness (QED) is 0.100. The highest BCUT2D eigenvalue weighted by Crippen LogP contribution is 2.46. The van der Waals surface area contributed by atoms with Crippen molar-refractivity contribution in [2.24, 2.45) is 28.5 Å². The van der Waals surface area contributed by atoms with Gasteiger partial charge in [-0.25, -0.2) is 9.38 Å². The van der Waals surface area contributed by atoms with Gasteiger partial charge in [0.05, 0.1) is 22.9 Å². The van der Waals surface area contributed by atoms with Gasteiger partial charge in [0.15, 0.2) is 0 Å². The summed E-state index contributed by atoms with van der Waals surface area (Å²) in [5.74, 6) is 1.07. The number of hydrogen-bond acceptors (Lipinski definition) is 2. The smallest absolute Gasteiger partial charge is 0.205 e. The highest BCUT2D eigenvalue weighted by atomic mass is 19.1. The van der Waals surface area contributed by atoms with Crippen LogP contribution in [0.3, 0.4) is 0 Å². The van der Waals surface area contributed by atoms with Gasteiger partial charge in [0.1, 0.15) is 5.82 Å². The van der Waals surface area contributed by atoms with Gasteiger partial charge in [0.2, 0.25) is 5.96 Å². The monoisotopic (exact) mass is 754 g/mol. The molecule has 5 aromatic carbocycles. The van der Waals surface area contributed by atoms with Crippen molar-refractivity contribution in [2.75, 3.05) is 4.90 Å². The second-order valence-electron chi connectivity index (χ2n) is 15.5. The first-order valence-electron chi connectivity index (χ1n) is 20.1. The van der Waals surface area contributed by atoms with Crippen molar-refractivity contribution in [3.05, 3.63) is 216 Å². The number of nitrogens with zero attached hydrogens (tertiary/aromatic N) is 3. The summed E-state index contributed by atoms with van der Waals surface area (Å²) in [6.45, 7) is 4.36. The van der Waals surface area contributed by atoms with Gasteiger partial charge in [-0.15, -0.1) is 0 Å². The Kier molecular flexibility index (Phi) is 9.06. The molecule has 58 heavy (non-hydrogen) atoms. The average Bonchev–Trinajstić information content (AvgIpc) is 3.79. The van der Waals surface area contributed by atoms with Gasteiger partial charge >= 0.3 is 0 Å². The first kappa shape index (κ1) is 35.4. The summed E-state index contributed by atoms with van der Waals surface area (Å²) in [6.07, 6.45) is 25.4. The Labute approximate surface area is 338 Å². The molecule has 5 atom stereocenters. The molecule has 0 bridgehead atoms. The minimum atomic E-state index is -0.212. The van der Waals surface area contributed by atoms with Crippen LogP contribution < -0.4 is 21.2 Å². The van der Waals surface area contributed by atoms with Crippen molar-refractivity contribution in [2.45, 2.75) is 18.5 Å². The number of aliphatic imine (C=N–C) groups is 1. The van der Waals surface area contributed by atoms with E-state index in [1.807, 2.05) is 24.3 Å². The largest absolute Gasteiger partial charge is 0.369 e. The van der Waals surface area contributed by atoms with E-state index in [2.05, 4.69) is 168 Å². The van der Waals surface area contributed by atoms with Crippen LogP contribution in [0.4, 0.5) is 10.1 Å². The maximum atomic E-state index is 13.9. The molecule has 1 aromatic heterocycles. The van der Waals surface area contributed by atoms with E-state index in [-0.39, 0.29) is 23.8 Å². The number of hydrogen-bond donors (Lipinski definition) is 1. The number of fused-ring (bicyclic) bond motifs is 6. The predicted octanol–water partition coefficient (Wildman–Crippen LogP) is 10.2. The SMILES string of the molecule is C=C(/C=C\N=C(N)n1c2c(c3ccccc31)=CC(C1=CC3C4C=CC=CC4N(c4ccc(F)cc4)C3C=C1)CC=2)c1cccc(-c2ccc(-c3ccccc3)cc2)c1. The molecule has 282 valence electrons. The number of halogens is 1. The molecule has 4 aliphatic rings. The molecular formula is C53H43FN4. The fraction of sp³-hybridized carbons (Fsp3) is 0.113. The highest BCUT2D eigenvalue weighted by molar-refractivity contribution is 5.95. The average molecular weight is 755 g/mol. The summed E-state index contributed by atoms with van der Waals surface area (Å²) in [7, 11) is 0. The van der Waals surface area contributed by atoms with Gasteiger partial charge < -0.3 is 10.6 Å². The van der Waals surface area contributed by atoms with Gasteiger partial charge in [0.25, 0.3) is 0 Å². The maximum Gasteiger partial charge on any atom is 0.205 e. The van der Waals surface area contributed by atoms with Crippen molar-refractivity contribution in [3.8, 4) is 22.3 Å². The maximum absolute atomic E-state index is 13.9. The van der Waals surface area contributed by atoms with Crippen molar-refractivity contribution >= 4 is 40.3 Å². The van der Waals surface area contributed by atoms with E-state index in [0.29, 0.717) is 17.8 Å². The summed E-state index contributed by atoms with van der Waals surface area (Å²) in [4.78, 5) is 7.21. The molecule has 2 heterocycles. The summed E-state index contributed by atoms with van der Waals surface area (Å²) in [5, 5.41) is 3.40. The third-order valence-corrected chi connectivity index (χ3v) is 12.2. The molecule has 1 saturated heterocycles. The Morgan fingerprint density at radius 3 is 2.26 bits per heavy atom. The molecule has 5 heteroatoms. The molecule has 1 fully saturated rings. The molecule has 0 amide bonds. The highest BCUT2D eigenvalue weighted by Gasteiger charge is 2.46. The third kappa shape index (κ3) is 6.39. The van der Waals surface area contributed by atoms with Crippen LogP contribution in [0.5, 0.6) is 0 Å². The number of benzene rings is 5. The number of allylic oxidation sites excluding steroid dienone is 6. The first-order chi connectivity index (χ1) is 28.5. The van der Waals surface area contributed by atoms with E-state index in [1.54, 1.807) is 18.3 Å². The van der Waals surface area contributed by atoms with Crippen LogP contribution in [0.15, 0.2) is 199 Å². The van der Waals surface area contributed by atoms with Crippen molar-refractivity contribution < 1.29 is 4.39 Å². The zero-order chi connectivity index (χ0) is 39.2. The number of para-hydroxylation sites is 1. The predicted molar refractivity (Wildman–Crippen MR) is 240 cm³/mol. The van der Waals surface area contributed by atoms with Gasteiger partial charge in [-0.1, -0.05) is 152 Å². The molecule has 0 saturated carbocycles. The number of nitrogens with two attached hydrogens (primary N) is 1. The molecule has 5 unspecified atom stereocenters. The van der Waals surface area contributed by atoms with Gasteiger partial charge in [-0.05, 0) is 87.9 Å². The molecule has 6 aromatic rings. The van der Waals surface area contributed by atoms with Crippen LogP contribution in [-0.2, 0) is 0 Å². The standard InChI is InChI=1S/C53H43FN4/c1-35(39-12-9-13-40(32-39)38-20-18-37(19-21-38)36-10-3-2-4-11-36)30-31-56-53(55)58-50-17-8-6-15-46(50)48-34-42(23-29-52(48)58)41-22-28-51-47(33-41)45-14-5-7-16-49(45)57(51)44-26-24-43(54)25-27-44/h2-22,24-34,42,45,47,49,51H,1,23H2,(H2,55,56)/b31-30-. The Morgan fingerprint density at radius 2 is 1.43 bits per heavy atom. The van der Waals surface area contributed by atoms with Crippen LogP contribution in [0.2, 0.25) is 0 Å². The molecule has 4 nitrogen and oxygen atoms in total. The molecule has 10 rings (SSSR count). The lowest BCUT2D eigenvalue weighted by Crippen LogP contribution is -2.39. The molecule has 3 aliphatic carbocycles. The Balaban J connectivity index is 0.903. The summed E-state index contributed by atoms with van der Waals surface area (Å²) in [5.41, 5.74) is 16.8. The number of anilines is 1. The van der Waals surface area contributed by atoms with Crippen LogP contribution >= 0.6 is 0 Å². The minimum Gasteiger partial charge on any atom is -0.369 e. The number of rotatable bonds is 7. The van der Waals surface area contributed by atoms with Crippen molar-refractivity contribution in [1.29, 1.82) is 0 Å². The van der Waals surface area contributed by atoms with E-state index in [4.69, 9.17) is 10.7 Å². The van der Waals surface area contributed by atoms with Gasteiger partial charge in [-0.2, -0.15) is 0 Å². The second-order valence-corrected chi connectivity index (χ2v) is 15.5. The van der Waals surface area contributed by atoms with Gasteiger partial charge in [0, 0.05) is 40.2 Å². The zero-order valence-electron chi connectivity index (χ0n) is 32.1. The Hall–Kier alpha value is -6.98. The Bertz CT molecular complexity index is 2870. The van der Waals surface area contributed by atoms with Crippen LogP contribution in [0.1, 0.15) is 12.0 Å². The molecule has 2 N–H and O–H groups in total. The lowest BCUT2D eigenvalue weighted by Gasteiger charge is -2.32. The van der Waals surface area contributed by atoms with Crippen molar-refractivity contribution in [3.63, 3.8) is 0 Å². The van der Waals surface area contributed by atoms with Crippen LogP contribution in [-0.4, -0.2) is 22.6 Å². The van der Waals surface area contributed by atoms with Crippen LogP contribution in [0.25, 0.3) is 50.9 Å². The van der Waals surface area contributed by atoms with Crippen LogP contribution in [0, 0.1) is 23.6 Å². The van der Waals surface area contributed by atoms with E-state index in [0.717, 1.165) is 50.6 Å². The fourth-order valence-electron chi connectivity index (χ4n) is 9.37. The Morgan fingerprint density at radius 1 is 0.724 bits per heavy atom. The zero-order valence-corrected chi connectivity index (χ0v) is 32.1. The lowest BCUT2D eigenvalue weighted by atomic mass is 9.78. The third-order valence-electron chi connectivity index (χ3n) is 12.2. The van der Waals surface area contributed by atoms with E-state index in [9.17, 15) is 4.39 Å². The van der Waals surface area contributed by atoms with E-state index >= 15 is 0 Å². The van der Waals surface area contributed by atoms with E-state index < -0.39 is 0 Å². The second kappa shape index (κ2) is 14.8. The summed E-state index contributed by atoms with van der Waals surface area (Å²) in [6, 6.07) is 43.3.